The summed E-state index contributed by atoms with van der Waals surface area (Å²) in [5.41, 5.74) is 6.26. The maximum atomic E-state index is 12.3. The summed E-state index contributed by atoms with van der Waals surface area (Å²) in [4.78, 5) is 34.3. The molecule has 2 N–H and O–H groups in total. The van der Waals surface area contributed by atoms with Crippen LogP contribution < -0.4 is 5.73 Å². The fourth-order valence-electron chi connectivity index (χ4n) is 3.39. The van der Waals surface area contributed by atoms with E-state index in [0.29, 0.717) is 35.8 Å². The third kappa shape index (κ3) is 6.93. The van der Waals surface area contributed by atoms with E-state index < -0.39 is 5.60 Å². The minimum absolute atomic E-state index is 0.0172. The molecule has 1 aliphatic rings. The second kappa shape index (κ2) is 9.54. The number of likely N-dealkylation sites (tertiary alicyclic amines) is 1. The summed E-state index contributed by atoms with van der Waals surface area (Å²) in [6.45, 7) is 8.65. The molecule has 0 radical (unpaired) electrons. The molecule has 0 aliphatic carbocycles. The third-order valence-electron chi connectivity index (χ3n) is 4.83. The first kappa shape index (κ1) is 22.4. The Bertz CT molecular complexity index is 687. The smallest absolute Gasteiger partial charge is 0.306 e. The van der Waals surface area contributed by atoms with Gasteiger partial charge in [-0.2, -0.15) is 0 Å². The molecule has 0 atom stereocenters. The first-order valence-electron chi connectivity index (χ1n) is 9.83. The van der Waals surface area contributed by atoms with Gasteiger partial charge in [-0.25, -0.2) is 9.97 Å². The van der Waals surface area contributed by atoms with Crippen LogP contribution in [0.5, 0.6) is 0 Å². The van der Waals surface area contributed by atoms with Gasteiger partial charge in [-0.3, -0.25) is 9.59 Å². The van der Waals surface area contributed by atoms with Gasteiger partial charge >= 0.3 is 5.97 Å². The van der Waals surface area contributed by atoms with Crippen LogP contribution >= 0.6 is 11.6 Å². The van der Waals surface area contributed by atoms with Crippen molar-refractivity contribution in [1.82, 2.24) is 14.9 Å². The van der Waals surface area contributed by atoms with Gasteiger partial charge in [0.25, 0.3) is 0 Å². The molecule has 1 aliphatic heterocycles. The number of hydrogen-bond donors (Lipinski definition) is 1. The number of anilines is 1. The van der Waals surface area contributed by atoms with Gasteiger partial charge in [0.05, 0.1) is 6.42 Å². The van der Waals surface area contributed by atoms with Crippen LogP contribution in [-0.2, 0) is 20.7 Å². The van der Waals surface area contributed by atoms with E-state index in [1.165, 1.54) is 0 Å². The number of nitrogen functional groups attached to an aromatic ring is 1. The SMILES string of the molecule is Cc1nc(N)c(CCC2CCN(C(=O)CCC(=O)OC(C)(C)C)CC2)c(Cl)n1. The highest BCUT2D eigenvalue weighted by atomic mass is 35.5. The van der Waals surface area contributed by atoms with E-state index in [-0.39, 0.29) is 24.7 Å². The molecule has 28 heavy (non-hydrogen) atoms. The van der Waals surface area contributed by atoms with Crippen molar-refractivity contribution in [1.29, 1.82) is 0 Å². The van der Waals surface area contributed by atoms with E-state index in [1.807, 2.05) is 25.7 Å². The monoisotopic (exact) mass is 410 g/mol. The fraction of sp³-hybridized carbons (Fsp3) is 0.700. The molecule has 8 heteroatoms. The number of esters is 1. The van der Waals surface area contributed by atoms with Gasteiger partial charge < -0.3 is 15.4 Å². The van der Waals surface area contributed by atoms with Gasteiger partial charge in [-0.1, -0.05) is 11.6 Å². The molecule has 7 nitrogen and oxygen atoms in total. The second-order valence-electron chi connectivity index (χ2n) is 8.37. The van der Waals surface area contributed by atoms with Crippen LogP contribution in [0.3, 0.4) is 0 Å². The van der Waals surface area contributed by atoms with E-state index in [4.69, 9.17) is 22.1 Å². The van der Waals surface area contributed by atoms with Gasteiger partial charge in [0.1, 0.15) is 22.4 Å². The lowest BCUT2D eigenvalue weighted by molar-refractivity contribution is -0.156. The highest BCUT2D eigenvalue weighted by Gasteiger charge is 2.24. The van der Waals surface area contributed by atoms with Crippen LogP contribution in [0.4, 0.5) is 5.82 Å². The average Bonchev–Trinajstić information content (AvgIpc) is 2.58. The molecule has 2 rings (SSSR count). The van der Waals surface area contributed by atoms with Crippen molar-refractivity contribution in [2.45, 2.75) is 71.8 Å². The Kier molecular flexibility index (Phi) is 7.63. The Morgan fingerprint density at radius 2 is 1.86 bits per heavy atom. The maximum Gasteiger partial charge on any atom is 0.306 e. The Balaban J connectivity index is 1.74. The van der Waals surface area contributed by atoms with Gasteiger partial charge in [-0.15, -0.1) is 0 Å². The lowest BCUT2D eigenvalue weighted by Crippen LogP contribution is -2.38. The van der Waals surface area contributed by atoms with Crippen molar-refractivity contribution >= 4 is 29.3 Å². The molecule has 1 aromatic rings. The summed E-state index contributed by atoms with van der Waals surface area (Å²) in [5, 5.41) is 0.430. The lowest BCUT2D eigenvalue weighted by Gasteiger charge is -2.32. The summed E-state index contributed by atoms with van der Waals surface area (Å²) < 4.78 is 5.25. The zero-order valence-electron chi connectivity index (χ0n) is 17.3. The Morgan fingerprint density at radius 1 is 1.21 bits per heavy atom. The van der Waals surface area contributed by atoms with E-state index >= 15 is 0 Å². The predicted octanol–water partition coefficient (Wildman–Crippen LogP) is 3.31. The number of piperidine rings is 1. The van der Waals surface area contributed by atoms with Gasteiger partial charge in [0.15, 0.2) is 0 Å². The number of nitrogens with zero attached hydrogens (tertiary/aromatic N) is 3. The quantitative estimate of drug-likeness (QED) is 0.570. The number of carbonyl (C=O) groups excluding carboxylic acids is 2. The summed E-state index contributed by atoms with van der Waals surface area (Å²) in [6.07, 6.45) is 3.87. The van der Waals surface area contributed by atoms with Crippen molar-refractivity contribution in [2.75, 3.05) is 18.8 Å². The molecule has 156 valence electrons. The van der Waals surface area contributed by atoms with Crippen LogP contribution in [0.1, 0.15) is 64.3 Å². The van der Waals surface area contributed by atoms with E-state index in [9.17, 15) is 9.59 Å². The second-order valence-corrected chi connectivity index (χ2v) is 8.73. The van der Waals surface area contributed by atoms with Crippen LogP contribution in [0.15, 0.2) is 0 Å². The summed E-state index contributed by atoms with van der Waals surface area (Å²) in [6, 6.07) is 0. The first-order valence-corrected chi connectivity index (χ1v) is 10.2. The molecule has 0 unspecified atom stereocenters. The van der Waals surface area contributed by atoms with Crippen molar-refractivity contribution in [3.8, 4) is 0 Å². The highest BCUT2D eigenvalue weighted by Crippen LogP contribution is 2.27. The van der Waals surface area contributed by atoms with Gasteiger partial charge in [0.2, 0.25) is 5.91 Å². The Labute approximate surface area is 172 Å². The van der Waals surface area contributed by atoms with Crippen LogP contribution in [0.2, 0.25) is 5.15 Å². The van der Waals surface area contributed by atoms with E-state index in [1.54, 1.807) is 6.92 Å². The van der Waals surface area contributed by atoms with Crippen LogP contribution in [0.25, 0.3) is 0 Å². The van der Waals surface area contributed by atoms with Crippen molar-refractivity contribution in [3.05, 3.63) is 16.5 Å². The number of carbonyl (C=O) groups is 2. The zero-order valence-corrected chi connectivity index (χ0v) is 18.0. The van der Waals surface area contributed by atoms with Crippen molar-refractivity contribution in [3.63, 3.8) is 0 Å². The lowest BCUT2D eigenvalue weighted by atomic mass is 9.90. The Morgan fingerprint density at radius 3 is 2.43 bits per heavy atom. The molecular weight excluding hydrogens is 380 g/mol. The number of ether oxygens (including phenoxy) is 1. The third-order valence-corrected chi connectivity index (χ3v) is 5.15. The zero-order chi connectivity index (χ0) is 20.9. The van der Waals surface area contributed by atoms with E-state index in [0.717, 1.165) is 31.2 Å². The largest absolute Gasteiger partial charge is 0.460 e. The normalized spacial score (nSPS) is 15.5. The van der Waals surface area contributed by atoms with Crippen molar-refractivity contribution < 1.29 is 14.3 Å². The molecule has 0 aromatic carbocycles. The maximum absolute atomic E-state index is 12.3. The van der Waals surface area contributed by atoms with Crippen LogP contribution in [-0.4, -0.2) is 45.4 Å². The number of rotatable bonds is 6. The molecule has 1 fully saturated rings. The minimum atomic E-state index is -0.521. The average molecular weight is 411 g/mol. The summed E-state index contributed by atoms with van der Waals surface area (Å²) >= 11 is 6.20. The number of amides is 1. The standard InChI is InChI=1S/C20H31ClN4O3/c1-13-23-18(21)15(19(22)24-13)6-5-14-9-11-25(12-10-14)16(26)7-8-17(27)28-20(2,3)4/h14H,5-12H2,1-4H3,(H2,22,23,24). The molecule has 1 aromatic heterocycles. The number of aromatic nitrogens is 2. The summed E-state index contributed by atoms with van der Waals surface area (Å²) in [5.74, 6) is 1.22. The molecule has 1 saturated heterocycles. The van der Waals surface area contributed by atoms with Crippen LogP contribution in [0, 0.1) is 12.8 Å². The van der Waals surface area contributed by atoms with Gasteiger partial charge in [0, 0.05) is 25.1 Å². The molecule has 0 saturated carbocycles. The minimum Gasteiger partial charge on any atom is -0.460 e. The summed E-state index contributed by atoms with van der Waals surface area (Å²) in [7, 11) is 0. The predicted molar refractivity (Wildman–Crippen MR) is 109 cm³/mol. The van der Waals surface area contributed by atoms with Crippen molar-refractivity contribution in [2.24, 2.45) is 5.92 Å². The number of halogens is 1. The Hall–Kier alpha value is -1.89. The molecule has 0 spiro atoms. The number of hydrogen-bond acceptors (Lipinski definition) is 6. The topological polar surface area (TPSA) is 98.4 Å². The fourth-order valence-corrected chi connectivity index (χ4v) is 3.71. The molecule has 0 bridgehead atoms. The van der Waals surface area contributed by atoms with E-state index in [2.05, 4.69) is 9.97 Å². The number of aryl methyl sites for hydroxylation is 1. The molecular formula is C20H31ClN4O3. The molecule has 1 amide bonds. The first-order chi connectivity index (χ1) is 13.0. The number of nitrogens with two attached hydrogens (primary N) is 1. The molecule has 2 heterocycles. The highest BCUT2D eigenvalue weighted by molar-refractivity contribution is 6.30. The van der Waals surface area contributed by atoms with Gasteiger partial charge in [-0.05, 0) is 59.3 Å².